The molecular formula is C113H204N12. The summed E-state index contributed by atoms with van der Waals surface area (Å²) in [5, 5.41) is 0. The molecule has 16 aliphatic rings. The van der Waals surface area contributed by atoms with Gasteiger partial charge in [0.1, 0.15) is 0 Å². The predicted octanol–water partition coefficient (Wildman–Crippen LogP) is 25.4. The Hall–Kier alpha value is -3.82. The molecule has 2 aliphatic carbocycles. The van der Waals surface area contributed by atoms with Gasteiger partial charge in [-0.05, 0) is 370 Å². The Morgan fingerprint density at radius 3 is 0.960 bits per heavy atom. The van der Waals surface area contributed by atoms with Gasteiger partial charge in [0.05, 0.1) is 0 Å². The highest BCUT2D eigenvalue weighted by atomic mass is 15.2. The van der Waals surface area contributed by atoms with Gasteiger partial charge in [0.2, 0.25) is 0 Å². The van der Waals surface area contributed by atoms with E-state index in [9.17, 15) is 0 Å². The average molecular weight is 1730 g/mol. The fourth-order valence-corrected chi connectivity index (χ4v) is 23.4. The zero-order chi connectivity index (χ0) is 93.3. The fourth-order valence-electron chi connectivity index (χ4n) is 23.4. The molecule has 14 aliphatic heterocycles. The van der Waals surface area contributed by atoms with Crippen molar-refractivity contribution in [3.63, 3.8) is 0 Å². The van der Waals surface area contributed by atoms with Crippen LogP contribution in [0.5, 0.6) is 0 Å². The molecule has 11 saturated heterocycles. The minimum absolute atomic E-state index is 0.0830. The van der Waals surface area contributed by atoms with Crippen LogP contribution in [0.3, 0.4) is 0 Å². The van der Waals surface area contributed by atoms with E-state index in [1.807, 2.05) is 11.9 Å². The van der Waals surface area contributed by atoms with Crippen LogP contribution in [-0.2, 0) is 10.8 Å². The maximum Gasteiger partial charge on any atom is 0.0449 e. The van der Waals surface area contributed by atoms with Crippen molar-refractivity contribution in [2.75, 3.05) is 193 Å². The molecule has 12 nitrogen and oxygen atoms in total. The average Bonchev–Trinajstić information content (AvgIpc) is 1.52. The Morgan fingerprint density at radius 1 is 0.280 bits per heavy atom. The molecular weight excluding hydrogens is 1530 g/mol. The summed E-state index contributed by atoms with van der Waals surface area (Å²) in [7, 11) is 26.4. The molecule has 14 heterocycles. The van der Waals surface area contributed by atoms with Gasteiger partial charge < -0.3 is 58.8 Å². The van der Waals surface area contributed by atoms with Crippen molar-refractivity contribution >= 4 is 17.1 Å². The van der Waals surface area contributed by atoms with Crippen molar-refractivity contribution in [2.24, 2.45) is 66.0 Å². The monoisotopic (exact) mass is 1730 g/mol. The van der Waals surface area contributed by atoms with Crippen molar-refractivity contribution in [3.05, 3.63) is 114 Å². The van der Waals surface area contributed by atoms with Crippen LogP contribution in [-0.4, -0.2) is 256 Å². The highest BCUT2D eigenvalue weighted by Crippen LogP contribution is 2.52. The van der Waals surface area contributed by atoms with E-state index in [-0.39, 0.29) is 10.8 Å². The van der Waals surface area contributed by atoms with Crippen molar-refractivity contribution in [1.29, 1.82) is 0 Å². The number of hydrogen-bond acceptors (Lipinski definition) is 12. The number of likely N-dealkylation sites (tertiary alicyclic amines) is 7. The van der Waals surface area contributed by atoms with Crippen molar-refractivity contribution in [3.8, 4) is 0 Å². The summed E-state index contributed by atoms with van der Waals surface area (Å²) in [6.07, 6.45) is 39.4. The maximum atomic E-state index is 2.60. The van der Waals surface area contributed by atoms with Crippen LogP contribution < -0.4 is 9.80 Å². The number of nitrogens with zero attached hydrogens (tertiary/aromatic N) is 12. The number of para-hydroxylation sites is 3. The third kappa shape index (κ3) is 34.9. The van der Waals surface area contributed by atoms with Crippen molar-refractivity contribution in [2.45, 2.75) is 342 Å². The van der Waals surface area contributed by atoms with E-state index in [1.54, 1.807) is 0 Å². The van der Waals surface area contributed by atoms with E-state index in [0.717, 1.165) is 36.0 Å². The fraction of sp³-hybridized carbons (Fsp3) is 0.805. The van der Waals surface area contributed by atoms with Gasteiger partial charge >= 0.3 is 0 Å². The standard InChI is InChI=1S/C16H17N.C12H17N.2C10H19N.C10H21N.C9H17N.C9H19N.C8H17N.C8H13N.C8H17N.C7H15N.C6H13N/c1-16(2)12-8-4-6-10-14(12)17(3)15-11-7-5-9-13(15)16;1-12(2)8-9-13(3)11-7-5-4-6-10(11)12;1-10(2)8-4-5-9(10)7-11(3)6-8;1-10(2)6-8-4-5-9(7-10)11(8)3;1-10(2)6-4-8-11(3)9-5-7-10;1-9(2)5-7-4-8(6-9)10(7)3;1-9(2)5-4-7-10(3)8-6-9;2*1-8(2)4-6-9(3)7-5-8;1-8(2)5-4-6-9(3)7-8;1-7(2)4-5-8(3)6-7;1-6(2)4-7(3)5-6/h4-11H,1-3H3;4-7H,8-9H2,1-3H3;2*8-9H,4-7H2,1-3H3;4-9H2,1-3H3;7-8H,4-6H2,1-3H3;4-8H2,1-3H3;4-7H2,1-3H3;4-7H,1-3H3;4-7H2,1-3H3;4-6H2,1-3H3;4-5H2,1-3H3. The van der Waals surface area contributed by atoms with E-state index in [2.05, 4.69) is 395 Å². The van der Waals surface area contributed by atoms with Crippen LogP contribution >= 0.6 is 0 Å². The molecule has 125 heavy (non-hydrogen) atoms. The molecule has 19 rings (SSSR count). The van der Waals surface area contributed by atoms with E-state index in [4.69, 9.17) is 0 Å². The quantitative estimate of drug-likeness (QED) is 0.215. The molecule has 0 spiro atoms. The van der Waals surface area contributed by atoms with Gasteiger partial charge in [-0.25, -0.2) is 0 Å². The summed E-state index contributed by atoms with van der Waals surface area (Å²) in [5.41, 5.74) is 14.5. The molecule has 3 aromatic carbocycles. The van der Waals surface area contributed by atoms with E-state index >= 15 is 0 Å². The zero-order valence-electron chi connectivity index (χ0n) is 89.2. The number of benzene rings is 3. The first kappa shape index (κ1) is 108. The SMILES string of the molecule is CN1C2CC1CC(C)(C)C2.CN1C2CCC1CC(C)(C)C2.CN1C=CC(C)(C)C=C1.CN1CC(C)(C)C1.CN1CC2CCC(C1)C2(C)C.CN1CCC(C)(C)C1.CN1CCC(C)(C)CC1.CN1CCC(C)(C)c2ccccc21.CN1CCCC(C)(C)C1.CN1CCCC(C)(C)CC1.CN1CCCC(C)(C)CCC1.CN1c2ccccc2C(C)(C)c2ccccc21. The first-order valence-electron chi connectivity index (χ1n) is 50.8. The van der Waals surface area contributed by atoms with Gasteiger partial charge in [0, 0.05) is 119 Å². The Labute approximate surface area is 776 Å². The van der Waals surface area contributed by atoms with Crippen LogP contribution in [0.15, 0.2) is 97.3 Å². The number of allylic oxidation sites excluding steroid dienone is 2. The zero-order valence-corrected chi connectivity index (χ0v) is 89.2. The van der Waals surface area contributed by atoms with Crippen LogP contribution in [0.2, 0.25) is 0 Å². The van der Waals surface area contributed by atoms with Gasteiger partial charge in [0.15, 0.2) is 0 Å². The highest BCUT2D eigenvalue weighted by molar-refractivity contribution is 5.77. The van der Waals surface area contributed by atoms with Gasteiger partial charge in [-0.3, -0.25) is 0 Å². The molecule has 6 atom stereocenters. The number of hydrogen-bond donors (Lipinski definition) is 0. The Kier molecular flexibility index (Phi) is 39.6. The normalized spacial score (nSPS) is 29.3. The molecule has 0 aromatic heterocycles. The maximum absolute atomic E-state index is 2.60. The summed E-state index contributed by atoms with van der Waals surface area (Å²) in [4.78, 5) is 28.8. The van der Waals surface area contributed by atoms with Gasteiger partial charge in [-0.15, -0.1) is 0 Å². The lowest BCUT2D eigenvalue weighted by Crippen LogP contribution is -2.60. The number of fused-ring (bicyclic) bond motifs is 9. The topological polar surface area (TPSA) is 38.9 Å². The molecule has 13 fully saturated rings. The number of piperidine rings is 5. The first-order valence-corrected chi connectivity index (χ1v) is 50.8. The van der Waals surface area contributed by atoms with Crippen LogP contribution in [0.4, 0.5) is 17.1 Å². The first-order chi connectivity index (χ1) is 57.7. The number of rotatable bonds is 0. The van der Waals surface area contributed by atoms with Gasteiger partial charge in [0.25, 0.3) is 0 Å². The van der Waals surface area contributed by atoms with Crippen molar-refractivity contribution in [1.82, 2.24) is 49.0 Å². The Bertz CT molecular complexity index is 3570. The minimum Gasteiger partial charge on any atom is -0.374 e. The highest BCUT2D eigenvalue weighted by Gasteiger charge is 2.48. The van der Waals surface area contributed by atoms with Crippen LogP contribution in [0, 0.1) is 66.0 Å². The summed E-state index contributed by atoms with van der Waals surface area (Å²) < 4.78 is 0. The van der Waals surface area contributed by atoms with Gasteiger partial charge in [-0.2, -0.15) is 0 Å². The second-order valence-corrected chi connectivity index (χ2v) is 51.8. The lowest BCUT2D eigenvalue weighted by molar-refractivity contribution is -0.0590. The second-order valence-electron chi connectivity index (χ2n) is 51.8. The summed E-state index contributed by atoms with van der Waals surface area (Å²) in [6.45, 7) is 75.7. The van der Waals surface area contributed by atoms with E-state index in [0.29, 0.717) is 54.1 Å². The van der Waals surface area contributed by atoms with Crippen LogP contribution in [0.25, 0.3) is 0 Å². The Balaban J connectivity index is 0.000000188. The van der Waals surface area contributed by atoms with Gasteiger partial charge in [-0.1, -0.05) is 233 Å². The third-order valence-electron chi connectivity index (χ3n) is 32.4. The Morgan fingerprint density at radius 2 is 0.608 bits per heavy atom. The van der Waals surface area contributed by atoms with E-state index < -0.39 is 0 Å². The summed E-state index contributed by atoms with van der Waals surface area (Å²) >= 11 is 0. The molecule has 0 N–H and O–H groups in total. The van der Waals surface area contributed by atoms with Crippen LogP contribution in [0.1, 0.15) is 324 Å². The smallest absolute Gasteiger partial charge is 0.0449 e. The summed E-state index contributed by atoms with van der Waals surface area (Å²) in [5.74, 6) is 1.96. The molecule has 0 radical (unpaired) electrons. The molecule has 6 unspecified atom stereocenters. The summed E-state index contributed by atoms with van der Waals surface area (Å²) in [6, 6.07) is 29.8. The van der Waals surface area contributed by atoms with E-state index in [1.165, 1.54) is 273 Å². The molecule has 6 bridgehead atoms. The molecule has 2 saturated carbocycles. The third-order valence-corrected chi connectivity index (χ3v) is 32.4. The molecule has 0 amide bonds. The lowest BCUT2D eigenvalue weighted by atomic mass is 9.66. The molecule has 3 aromatic rings. The van der Waals surface area contributed by atoms with Crippen molar-refractivity contribution < 1.29 is 0 Å². The largest absolute Gasteiger partial charge is 0.374 e. The molecule has 716 valence electrons. The lowest BCUT2D eigenvalue weighted by Gasteiger charge is -2.56. The molecule has 12 heteroatoms. The number of anilines is 3. The predicted molar refractivity (Wildman–Crippen MR) is 551 cm³/mol. The second kappa shape index (κ2) is 45.7. The minimum atomic E-state index is 0.0830.